The van der Waals surface area contributed by atoms with Gasteiger partial charge in [0.15, 0.2) is 0 Å². The van der Waals surface area contributed by atoms with Gasteiger partial charge < -0.3 is 15.0 Å². The van der Waals surface area contributed by atoms with Crippen LogP contribution in [-0.4, -0.2) is 48.1 Å². The molecule has 3 atom stereocenters. The highest BCUT2D eigenvalue weighted by atomic mass is 16.5. The highest BCUT2D eigenvalue weighted by Crippen LogP contribution is 2.32. The molecule has 2 amide bonds. The number of rotatable bonds is 3. The smallest absolute Gasteiger partial charge is 0.246 e. The van der Waals surface area contributed by atoms with Crippen molar-refractivity contribution in [3.63, 3.8) is 0 Å². The minimum Gasteiger partial charge on any atom is -0.379 e. The van der Waals surface area contributed by atoms with Gasteiger partial charge >= 0.3 is 0 Å². The van der Waals surface area contributed by atoms with Gasteiger partial charge in [-0.05, 0) is 24.2 Å². The van der Waals surface area contributed by atoms with Crippen LogP contribution in [0.15, 0.2) is 0 Å². The van der Waals surface area contributed by atoms with Gasteiger partial charge in [0, 0.05) is 6.61 Å². The van der Waals surface area contributed by atoms with Crippen LogP contribution in [0, 0.1) is 11.3 Å². The van der Waals surface area contributed by atoms with E-state index in [1.165, 1.54) is 0 Å². The van der Waals surface area contributed by atoms with E-state index in [2.05, 4.69) is 19.2 Å². The topological polar surface area (TPSA) is 58.6 Å². The molecule has 3 unspecified atom stereocenters. The Hall–Kier alpha value is -1.10. The second-order valence-electron chi connectivity index (χ2n) is 7.72. The molecule has 0 aliphatic carbocycles. The molecule has 2 fully saturated rings. The highest BCUT2D eigenvalue weighted by Gasteiger charge is 2.49. The largest absolute Gasteiger partial charge is 0.379 e. The van der Waals surface area contributed by atoms with E-state index in [-0.39, 0.29) is 23.3 Å². The SMILES string of the molecule is CC(C)CC1NC(=O)C(C(C)(C)C)N(C2CCOC2)C1=O. The Labute approximate surface area is 127 Å². The van der Waals surface area contributed by atoms with Crippen molar-refractivity contribution in [1.82, 2.24) is 10.2 Å². The summed E-state index contributed by atoms with van der Waals surface area (Å²) in [5.41, 5.74) is -0.287. The number of ether oxygens (including phenoxy) is 1. The summed E-state index contributed by atoms with van der Waals surface area (Å²) in [5.74, 6) is 0.394. The molecular formula is C16H28N2O3. The Morgan fingerprint density at radius 3 is 2.48 bits per heavy atom. The van der Waals surface area contributed by atoms with Crippen molar-refractivity contribution in [1.29, 1.82) is 0 Å². The van der Waals surface area contributed by atoms with Crippen LogP contribution in [0.3, 0.4) is 0 Å². The number of carbonyl (C=O) groups excluding carboxylic acids is 2. The molecule has 2 rings (SSSR count). The predicted molar refractivity (Wildman–Crippen MR) is 80.7 cm³/mol. The van der Waals surface area contributed by atoms with Gasteiger partial charge in [-0.15, -0.1) is 0 Å². The first-order valence-corrected chi connectivity index (χ1v) is 7.92. The van der Waals surface area contributed by atoms with E-state index in [0.717, 1.165) is 6.42 Å². The fraction of sp³-hybridized carbons (Fsp3) is 0.875. The first kappa shape index (κ1) is 16.3. The van der Waals surface area contributed by atoms with E-state index in [4.69, 9.17) is 4.74 Å². The summed E-state index contributed by atoms with van der Waals surface area (Å²) in [7, 11) is 0. The molecule has 120 valence electrons. The molecule has 0 aromatic carbocycles. The van der Waals surface area contributed by atoms with Gasteiger partial charge in [-0.2, -0.15) is 0 Å². The second kappa shape index (κ2) is 5.95. The average molecular weight is 296 g/mol. The number of nitrogens with zero attached hydrogens (tertiary/aromatic N) is 1. The summed E-state index contributed by atoms with van der Waals surface area (Å²) in [5, 5.41) is 2.94. The Balaban J connectivity index is 2.30. The van der Waals surface area contributed by atoms with Crippen molar-refractivity contribution in [3.8, 4) is 0 Å². The fourth-order valence-electron chi connectivity index (χ4n) is 3.32. The van der Waals surface area contributed by atoms with Gasteiger partial charge in [0.1, 0.15) is 12.1 Å². The van der Waals surface area contributed by atoms with E-state index >= 15 is 0 Å². The Kier molecular flexibility index (Phi) is 4.61. The molecule has 0 aromatic heterocycles. The Bertz CT molecular complexity index is 408. The van der Waals surface area contributed by atoms with E-state index in [1.807, 2.05) is 25.7 Å². The van der Waals surface area contributed by atoms with Crippen LogP contribution < -0.4 is 5.32 Å². The van der Waals surface area contributed by atoms with Crippen LogP contribution in [0.1, 0.15) is 47.5 Å². The quantitative estimate of drug-likeness (QED) is 0.860. The zero-order valence-electron chi connectivity index (χ0n) is 13.8. The lowest BCUT2D eigenvalue weighted by Crippen LogP contribution is -2.69. The minimum atomic E-state index is -0.417. The lowest BCUT2D eigenvalue weighted by atomic mass is 9.81. The standard InChI is InChI=1S/C16H28N2O3/c1-10(2)8-12-15(20)18(11-6-7-21-9-11)13(14(19)17-12)16(3,4)5/h10-13H,6-9H2,1-5H3,(H,17,19). The van der Waals surface area contributed by atoms with Crippen molar-refractivity contribution >= 4 is 11.8 Å². The molecule has 2 aliphatic rings. The molecule has 21 heavy (non-hydrogen) atoms. The van der Waals surface area contributed by atoms with Gasteiger partial charge in [-0.1, -0.05) is 34.6 Å². The Morgan fingerprint density at radius 1 is 1.33 bits per heavy atom. The van der Waals surface area contributed by atoms with Crippen molar-refractivity contribution < 1.29 is 14.3 Å². The lowest BCUT2D eigenvalue weighted by molar-refractivity contribution is -0.157. The Morgan fingerprint density at radius 2 is 2.00 bits per heavy atom. The lowest BCUT2D eigenvalue weighted by Gasteiger charge is -2.47. The molecule has 2 saturated heterocycles. The molecule has 2 aliphatic heterocycles. The van der Waals surface area contributed by atoms with Gasteiger partial charge in [0.05, 0.1) is 12.6 Å². The van der Waals surface area contributed by atoms with Crippen LogP contribution in [-0.2, 0) is 14.3 Å². The second-order valence-corrected chi connectivity index (χ2v) is 7.72. The first-order valence-electron chi connectivity index (χ1n) is 7.92. The van der Waals surface area contributed by atoms with Crippen molar-refractivity contribution in [2.75, 3.05) is 13.2 Å². The minimum absolute atomic E-state index is 0.0281. The summed E-state index contributed by atoms with van der Waals surface area (Å²) in [6.45, 7) is 11.4. The summed E-state index contributed by atoms with van der Waals surface area (Å²) in [6.07, 6.45) is 1.51. The van der Waals surface area contributed by atoms with Crippen LogP contribution >= 0.6 is 0 Å². The number of amides is 2. The van der Waals surface area contributed by atoms with Crippen LogP contribution in [0.5, 0.6) is 0 Å². The van der Waals surface area contributed by atoms with E-state index in [1.54, 1.807) is 0 Å². The molecule has 0 saturated carbocycles. The van der Waals surface area contributed by atoms with Gasteiger partial charge in [-0.25, -0.2) is 0 Å². The van der Waals surface area contributed by atoms with Gasteiger partial charge in [0.25, 0.3) is 0 Å². The molecule has 0 radical (unpaired) electrons. The molecular weight excluding hydrogens is 268 g/mol. The molecule has 1 N–H and O–H groups in total. The maximum absolute atomic E-state index is 12.9. The van der Waals surface area contributed by atoms with E-state index < -0.39 is 12.1 Å². The molecule has 0 spiro atoms. The number of piperazine rings is 1. The maximum atomic E-state index is 12.9. The molecule has 5 heteroatoms. The van der Waals surface area contributed by atoms with Crippen LogP contribution in [0.4, 0.5) is 0 Å². The van der Waals surface area contributed by atoms with Crippen molar-refractivity contribution in [2.24, 2.45) is 11.3 Å². The van der Waals surface area contributed by atoms with E-state index in [0.29, 0.717) is 25.6 Å². The zero-order chi connectivity index (χ0) is 15.8. The van der Waals surface area contributed by atoms with E-state index in [9.17, 15) is 9.59 Å². The molecule has 2 heterocycles. The average Bonchev–Trinajstić information content (AvgIpc) is 2.84. The fourth-order valence-corrected chi connectivity index (χ4v) is 3.32. The predicted octanol–water partition coefficient (Wildman–Crippen LogP) is 1.56. The summed E-state index contributed by atoms with van der Waals surface area (Å²) in [4.78, 5) is 27.3. The third-order valence-corrected chi connectivity index (χ3v) is 4.22. The number of nitrogens with one attached hydrogen (secondary N) is 1. The third kappa shape index (κ3) is 3.39. The normalized spacial score (nSPS) is 31.0. The molecule has 0 bridgehead atoms. The first-order chi connectivity index (χ1) is 9.71. The monoisotopic (exact) mass is 296 g/mol. The third-order valence-electron chi connectivity index (χ3n) is 4.22. The summed E-state index contributed by atoms with van der Waals surface area (Å²) in [6, 6.07) is -0.778. The van der Waals surface area contributed by atoms with Gasteiger partial charge in [0.2, 0.25) is 11.8 Å². The van der Waals surface area contributed by atoms with Crippen molar-refractivity contribution in [3.05, 3.63) is 0 Å². The molecule has 5 nitrogen and oxygen atoms in total. The highest BCUT2D eigenvalue weighted by molar-refractivity contribution is 5.97. The van der Waals surface area contributed by atoms with Crippen molar-refractivity contribution in [2.45, 2.75) is 65.6 Å². The summed E-state index contributed by atoms with van der Waals surface area (Å²) >= 11 is 0. The van der Waals surface area contributed by atoms with Gasteiger partial charge in [-0.3, -0.25) is 9.59 Å². The summed E-state index contributed by atoms with van der Waals surface area (Å²) < 4.78 is 5.45. The number of hydrogen-bond acceptors (Lipinski definition) is 3. The van der Waals surface area contributed by atoms with Crippen LogP contribution in [0.25, 0.3) is 0 Å². The zero-order valence-corrected chi connectivity index (χ0v) is 13.8. The maximum Gasteiger partial charge on any atom is 0.246 e. The number of hydrogen-bond donors (Lipinski definition) is 1. The number of carbonyl (C=O) groups is 2. The molecule has 0 aromatic rings. The van der Waals surface area contributed by atoms with Crippen LogP contribution in [0.2, 0.25) is 0 Å².